The van der Waals surface area contributed by atoms with Gasteiger partial charge in [0.25, 0.3) is 0 Å². The molecule has 0 amide bonds. The molecule has 16 heavy (non-hydrogen) atoms. The molecular weight excluding hydrogens is 248 g/mol. The van der Waals surface area contributed by atoms with Gasteiger partial charge in [0.1, 0.15) is 11.4 Å². The number of sulfonamides is 1. The van der Waals surface area contributed by atoms with Crippen LogP contribution in [0, 0.1) is 0 Å². The highest BCUT2D eigenvalue weighted by Crippen LogP contribution is 2.37. The van der Waals surface area contributed by atoms with E-state index in [9.17, 15) is 8.42 Å². The number of aliphatic imine (C=N–C) groups is 1. The molecule has 1 aliphatic rings. The zero-order valence-corrected chi connectivity index (χ0v) is 9.77. The summed E-state index contributed by atoms with van der Waals surface area (Å²) < 4.78 is 27.8. The van der Waals surface area contributed by atoms with E-state index < -0.39 is 10.0 Å². The minimum absolute atomic E-state index is 0.0146. The van der Waals surface area contributed by atoms with E-state index in [0.29, 0.717) is 24.5 Å². The Bertz CT molecular complexity index is 589. The van der Waals surface area contributed by atoms with E-state index in [1.54, 1.807) is 0 Å². The van der Waals surface area contributed by atoms with Crippen LogP contribution in [0.4, 0.5) is 5.69 Å². The van der Waals surface area contributed by atoms with Crippen LogP contribution in [0.15, 0.2) is 22.0 Å². The van der Waals surface area contributed by atoms with Crippen LogP contribution in [-0.4, -0.2) is 20.2 Å². The van der Waals surface area contributed by atoms with Crippen molar-refractivity contribution < 1.29 is 13.2 Å². The molecule has 0 atom stereocenters. The topological polar surface area (TPSA) is 81.8 Å². The fourth-order valence-corrected chi connectivity index (χ4v) is 2.24. The Morgan fingerprint density at radius 1 is 1.50 bits per heavy atom. The van der Waals surface area contributed by atoms with Crippen LogP contribution in [-0.2, 0) is 16.4 Å². The molecule has 0 spiro atoms. The summed E-state index contributed by atoms with van der Waals surface area (Å²) >= 11 is 4.49. The monoisotopic (exact) mass is 256 g/mol. The molecule has 84 valence electrons. The molecule has 0 unspecified atom stereocenters. The third-order valence-corrected chi connectivity index (χ3v) is 3.22. The highest BCUT2D eigenvalue weighted by atomic mass is 32.2. The first-order valence-electron chi connectivity index (χ1n) is 4.43. The Hall–Kier alpha value is -1.27. The number of nitrogens with zero attached hydrogens (tertiary/aromatic N) is 1. The normalized spacial score (nSPS) is 13.8. The molecule has 0 bridgehead atoms. The van der Waals surface area contributed by atoms with Crippen LogP contribution in [0.2, 0.25) is 0 Å². The quantitative estimate of drug-likeness (QED) is 0.632. The molecule has 7 heteroatoms. The van der Waals surface area contributed by atoms with Gasteiger partial charge in [-0.15, -0.1) is 0 Å². The van der Waals surface area contributed by atoms with Crippen molar-refractivity contribution in [3.05, 3.63) is 17.7 Å². The van der Waals surface area contributed by atoms with Gasteiger partial charge < -0.3 is 4.74 Å². The van der Waals surface area contributed by atoms with Gasteiger partial charge in [0.05, 0.1) is 16.7 Å². The maximum absolute atomic E-state index is 11.2. The number of benzene rings is 1. The molecule has 0 saturated heterocycles. The van der Waals surface area contributed by atoms with E-state index in [-0.39, 0.29) is 4.90 Å². The minimum Gasteiger partial charge on any atom is -0.491 e. The molecule has 0 aromatic heterocycles. The molecule has 1 aromatic carbocycles. The highest BCUT2D eigenvalue weighted by molar-refractivity contribution is 7.89. The van der Waals surface area contributed by atoms with Crippen molar-refractivity contribution in [2.24, 2.45) is 10.1 Å². The van der Waals surface area contributed by atoms with Gasteiger partial charge in [0.2, 0.25) is 10.0 Å². The van der Waals surface area contributed by atoms with Crippen molar-refractivity contribution in [3.63, 3.8) is 0 Å². The van der Waals surface area contributed by atoms with Crippen LogP contribution >= 0.6 is 12.2 Å². The number of fused-ring (bicyclic) bond motifs is 1. The molecule has 1 aromatic rings. The zero-order chi connectivity index (χ0) is 11.8. The van der Waals surface area contributed by atoms with E-state index in [2.05, 4.69) is 22.4 Å². The van der Waals surface area contributed by atoms with Crippen molar-refractivity contribution >= 4 is 33.1 Å². The van der Waals surface area contributed by atoms with Crippen LogP contribution < -0.4 is 9.88 Å². The van der Waals surface area contributed by atoms with E-state index in [0.717, 1.165) is 5.56 Å². The summed E-state index contributed by atoms with van der Waals surface area (Å²) in [7, 11) is -3.74. The summed E-state index contributed by atoms with van der Waals surface area (Å²) in [6.07, 6.45) is 0.638. The van der Waals surface area contributed by atoms with Crippen molar-refractivity contribution in [2.75, 3.05) is 6.61 Å². The predicted octanol–water partition coefficient (Wildman–Crippen LogP) is 1.00. The molecule has 0 aliphatic carbocycles. The second-order valence-electron chi connectivity index (χ2n) is 3.28. The summed E-state index contributed by atoms with van der Waals surface area (Å²) in [5, 5.41) is 7.24. The average Bonchev–Trinajstić information content (AvgIpc) is 2.64. The van der Waals surface area contributed by atoms with E-state index in [4.69, 9.17) is 9.88 Å². The summed E-state index contributed by atoms with van der Waals surface area (Å²) in [6.45, 7) is 0.503. The van der Waals surface area contributed by atoms with E-state index in [1.165, 1.54) is 12.1 Å². The van der Waals surface area contributed by atoms with Crippen LogP contribution in [0.25, 0.3) is 0 Å². The molecule has 5 nitrogen and oxygen atoms in total. The van der Waals surface area contributed by atoms with Gasteiger partial charge >= 0.3 is 0 Å². The first kappa shape index (κ1) is 11.2. The molecule has 1 heterocycles. The Kier molecular flexibility index (Phi) is 2.77. The fourth-order valence-electron chi connectivity index (χ4n) is 1.56. The zero-order valence-electron chi connectivity index (χ0n) is 8.13. The average molecular weight is 256 g/mol. The first-order chi connectivity index (χ1) is 7.52. The minimum atomic E-state index is -3.74. The van der Waals surface area contributed by atoms with E-state index in [1.807, 2.05) is 0 Å². The molecule has 0 radical (unpaired) electrons. The number of nitrogens with two attached hydrogens (primary N) is 1. The fraction of sp³-hybridized carbons (Fsp3) is 0.222. The van der Waals surface area contributed by atoms with Gasteiger partial charge in [-0.05, 0) is 24.4 Å². The lowest BCUT2D eigenvalue weighted by molar-refractivity contribution is 0.358. The number of primary sulfonamides is 1. The summed E-state index contributed by atoms with van der Waals surface area (Å²) in [5.74, 6) is 0.560. The van der Waals surface area contributed by atoms with Gasteiger partial charge in [0, 0.05) is 12.0 Å². The molecule has 0 fully saturated rings. The predicted molar refractivity (Wildman–Crippen MR) is 61.7 cm³/mol. The van der Waals surface area contributed by atoms with Crippen LogP contribution in [0.3, 0.4) is 0 Å². The van der Waals surface area contributed by atoms with Crippen molar-refractivity contribution in [1.29, 1.82) is 0 Å². The standard InChI is InChI=1S/C9H8N2O3S2/c10-16(12,13)7-3-6-1-2-14-9(6)8(4-7)11-5-15/h3-4H,1-2H2,(H2,10,12,13). The Balaban J connectivity index is 2.70. The maximum Gasteiger partial charge on any atom is 0.238 e. The largest absolute Gasteiger partial charge is 0.491 e. The van der Waals surface area contributed by atoms with Gasteiger partial charge in [-0.1, -0.05) is 0 Å². The Morgan fingerprint density at radius 2 is 2.25 bits per heavy atom. The first-order valence-corrected chi connectivity index (χ1v) is 6.38. The highest BCUT2D eigenvalue weighted by Gasteiger charge is 2.21. The lowest BCUT2D eigenvalue weighted by Gasteiger charge is -2.05. The molecule has 2 rings (SSSR count). The van der Waals surface area contributed by atoms with Crippen molar-refractivity contribution in [3.8, 4) is 5.75 Å². The molecule has 0 saturated carbocycles. The third kappa shape index (κ3) is 1.98. The van der Waals surface area contributed by atoms with Gasteiger partial charge in [-0.25, -0.2) is 13.6 Å². The molecule has 2 N–H and O–H groups in total. The number of hydrogen-bond donors (Lipinski definition) is 1. The number of ether oxygens (including phenoxy) is 1. The number of rotatable bonds is 2. The maximum atomic E-state index is 11.2. The molecular formula is C9H8N2O3S2. The Morgan fingerprint density at radius 3 is 2.88 bits per heavy atom. The third-order valence-electron chi connectivity index (χ3n) is 2.23. The number of isothiocyanates is 1. The summed E-state index contributed by atoms with van der Waals surface area (Å²) in [6, 6.07) is 2.83. The van der Waals surface area contributed by atoms with E-state index >= 15 is 0 Å². The van der Waals surface area contributed by atoms with Gasteiger partial charge in [0.15, 0.2) is 0 Å². The smallest absolute Gasteiger partial charge is 0.238 e. The number of thiocarbonyl (C=S) groups is 1. The van der Waals surface area contributed by atoms with Crippen molar-refractivity contribution in [1.82, 2.24) is 0 Å². The van der Waals surface area contributed by atoms with Crippen molar-refractivity contribution in [2.45, 2.75) is 11.3 Å². The SMILES string of the molecule is NS(=O)(=O)c1cc2c(c(N=C=S)c1)OCC2. The second kappa shape index (κ2) is 3.95. The van der Waals surface area contributed by atoms with Gasteiger partial charge in [-0.3, -0.25) is 0 Å². The van der Waals surface area contributed by atoms with Gasteiger partial charge in [-0.2, -0.15) is 4.99 Å². The molecule has 1 aliphatic heterocycles. The Labute approximate surface area is 98.0 Å². The van der Waals surface area contributed by atoms with Crippen LogP contribution in [0.5, 0.6) is 5.75 Å². The summed E-state index contributed by atoms with van der Waals surface area (Å²) in [4.78, 5) is 3.79. The van der Waals surface area contributed by atoms with Crippen LogP contribution in [0.1, 0.15) is 5.56 Å². The lowest BCUT2D eigenvalue weighted by Crippen LogP contribution is -2.12. The summed E-state index contributed by atoms with van der Waals surface area (Å²) in [5.41, 5.74) is 1.13. The lowest BCUT2D eigenvalue weighted by atomic mass is 10.1. The second-order valence-corrected chi connectivity index (χ2v) is 5.02. The number of hydrogen-bond acceptors (Lipinski definition) is 5.